The Morgan fingerprint density at radius 3 is 2.67 bits per heavy atom. The van der Waals surface area contributed by atoms with E-state index in [-0.39, 0.29) is 5.56 Å². The molecule has 1 aliphatic rings. The van der Waals surface area contributed by atoms with Crippen LogP contribution < -0.4 is 0 Å². The number of nitrogens with zero attached hydrogens (tertiary/aromatic N) is 5. The molecule has 0 amide bonds. The second kappa shape index (κ2) is 7.29. The van der Waals surface area contributed by atoms with Gasteiger partial charge in [0.05, 0.1) is 17.3 Å². The van der Waals surface area contributed by atoms with Gasteiger partial charge in [0, 0.05) is 44.3 Å². The van der Waals surface area contributed by atoms with Crippen molar-refractivity contribution in [2.24, 2.45) is 0 Å². The summed E-state index contributed by atoms with van der Waals surface area (Å²) in [5.41, 5.74) is 1.79. The van der Waals surface area contributed by atoms with Gasteiger partial charge >= 0.3 is 5.97 Å². The summed E-state index contributed by atoms with van der Waals surface area (Å²) < 4.78 is 27.8. The summed E-state index contributed by atoms with van der Waals surface area (Å²) in [4.78, 5) is 24.1. The molecule has 0 bridgehead atoms. The minimum absolute atomic E-state index is 0.0583. The fraction of sp³-hybridized carbons (Fsp3) is 0.412. The average Bonchev–Trinajstić information content (AvgIpc) is 3.11. The van der Waals surface area contributed by atoms with Crippen LogP contribution in [-0.2, 0) is 10.2 Å². The Morgan fingerprint density at radius 1 is 1.26 bits per heavy atom. The molecule has 0 aliphatic carbocycles. The van der Waals surface area contributed by atoms with E-state index in [1.807, 2.05) is 0 Å². The zero-order valence-electron chi connectivity index (χ0n) is 15.3. The van der Waals surface area contributed by atoms with Gasteiger partial charge in [-0.25, -0.2) is 14.8 Å². The van der Waals surface area contributed by atoms with E-state index >= 15 is 0 Å². The summed E-state index contributed by atoms with van der Waals surface area (Å²) >= 11 is 0. The van der Waals surface area contributed by atoms with Crippen LogP contribution in [0.15, 0.2) is 24.5 Å². The molecule has 0 aromatic carbocycles. The average molecular weight is 391 g/mol. The third-order valence-corrected chi connectivity index (χ3v) is 6.36. The van der Waals surface area contributed by atoms with Crippen molar-refractivity contribution < 1.29 is 18.3 Å². The number of rotatable bonds is 5. The highest BCUT2D eigenvalue weighted by molar-refractivity contribution is 7.86. The van der Waals surface area contributed by atoms with Crippen molar-refractivity contribution in [1.29, 1.82) is 0 Å². The largest absolute Gasteiger partial charge is 0.478 e. The van der Waals surface area contributed by atoms with Crippen LogP contribution >= 0.6 is 0 Å². The molecule has 0 saturated carbocycles. The molecule has 144 valence electrons. The molecule has 2 aromatic heterocycles. The second-order valence-corrected chi connectivity index (χ2v) is 8.67. The normalized spacial score (nSPS) is 18.1. The van der Waals surface area contributed by atoms with Gasteiger partial charge in [-0.15, -0.1) is 0 Å². The van der Waals surface area contributed by atoms with Gasteiger partial charge in [0.25, 0.3) is 10.2 Å². The van der Waals surface area contributed by atoms with Crippen molar-refractivity contribution in [3.8, 4) is 11.3 Å². The minimum atomic E-state index is -3.59. The van der Waals surface area contributed by atoms with Crippen molar-refractivity contribution in [3.63, 3.8) is 0 Å². The molecular formula is C17H21N5O4S. The predicted octanol–water partition coefficient (Wildman–Crippen LogP) is 1.49. The van der Waals surface area contributed by atoms with Crippen LogP contribution in [0, 0.1) is 6.92 Å². The molecule has 1 N–H and O–H groups in total. The molecule has 1 fully saturated rings. The molecule has 1 aliphatic heterocycles. The Bertz CT molecular complexity index is 977. The summed E-state index contributed by atoms with van der Waals surface area (Å²) in [6.45, 7) is 2.21. The lowest BCUT2D eigenvalue weighted by Gasteiger charge is -2.26. The van der Waals surface area contributed by atoms with Gasteiger partial charge in [0.2, 0.25) is 0 Å². The molecule has 10 heteroatoms. The minimum Gasteiger partial charge on any atom is -0.478 e. The SMILES string of the molecule is Cc1cc(-c2cncc(C(=O)O)c2)nc([C@H]2CCCN2S(=O)(=O)N(C)C)n1. The molecule has 0 unspecified atom stereocenters. The van der Waals surface area contributed by atoms with Gasteiger partial charge in [-0.3, -0.25) is 4.98 Å². The smallest absolute Gasteiger partial charge is 0.337 e. The van der Waals surface area contributed by atoms with Gasteiger partial charge in [-0.05, 0) is 31.9 Å². The van der Waals surface area contributed by atoms with Crippen molar-refractivity contribution in [1.82, 2.24) is 23.6 Å². The monoisotopic (exact) mass is 391 g/mol. The fourth-order valence-corrected chi connectivity index (χ4v) is 4.37. The number of aryl methyl sites for hydroxylation is 1. The standard InChI is InChI=1S/C17H21N5O4S/c1-11-7-14(12-8-13(17(23)24)10-18-9-12)20-16(19-11)15-5-4-6-22(15)27(25,26)21(2)3/h7-10,15H,4-6H2,1-3H3,(H,23,24)/t15-/m1/s1. The first-order valence-electron chi connectivity index (χ1n) is 8.43. The molecule has 2 aromatic rings. The Hall–Kier alpha value is -2.43. The van der Waals surface area contributed by atoms with Crippen LogP contribution in [-0.4, -0.2) is 63.7 Å². The quantitative estimate of drug-likeness (QED) is 0.820. The molecule has 3 rings (SSSR count). The van der Waals surface area contributed by atoms with E-state index in [0.29, 0.717) is 35.7 Å². The van der Waals surface area contributed by atoms with Crippen LogP contribution in [0.25, 0.3) is 11.3 Å². The maximum atomic E-state index is 12.6. The summed E-state index contributed by atoms with van der Waals surface area (Å²) in [5, 5.41) is 9.16. The van der Waals surface area contributed by atoms with Crippen molar-refractivity contribution in [2.75, 3.05) is 20.6 Å². The van der Waals surface area contributed by atoms with E-state index in [1.165, 1.54) is 41.2 Å². The third kappa shape index (κ3) is 3.82. The number of carbonyl (C=O) groups is 1. The van der Waals surface area contributed by atoms with E-state index in [0.717, 1.165) is 6.42 Å². The molecular weight excluding hydrogens is 370 g/mol. The molecule has 1 atom stereocenters. The van der Waals surface area contributed by atoms with E-state index in [1.54, 1.807) is 13.0 Å². The fourth-order valence-electron chi connectivity index (χ4n) is 3.07. The first-order chi connectivity index (χ1) is 12.7. The van der Waals surface area contributed by atoms with Crippen molar-refractivity contribution in [2.45, 2.75) is 25.8 Å². The number of aromatic nitrogens is 3. The van der Waals surface area contributed by atoms with Gasteiger partial charge in [0.15, 0.2) is 0 Å². The molecule has 0 spiro atoms. The van der Waals surface area contributed by atoms with Crippen LogP contribution in [0.4, 0.5) is 0 Å². The van der Waals surface area contributed by atoms with E-state index < -0.39 is 22.2 Å². The molecule has 9 nitrogen and oxygen atoms in total. The first-order valence-corrected chi connectivity index (χ1v) is 9.83. The van der Waals surface area contributed by atoms with Crippen molar-refractivity contribution in [3.05, 3.63) is 41.6 Å². The van der Waals surface area contributed by atoms with E-state index in [2.05, 4.69) is 15.0 Å². The lowest BCUT2D eigenvalue weighted by molar-refractivity contribution is 0.0696. The van der Waals surface area contributed by atoms with Crippen LogP contribution in [0.1, 0.15) is 40.8 Å². The van der Waals surface area contributed by atoms with Gasteiger partial charge in [-0.2, -0.15) is 17.0 Å². The van der Waals surface area contributed by atoms with Gasteiger partial charge < -0.3 is 5.11 Å². The molecule has 27 heavy (non-hydrogen) atoms. The number of hydrogen-bond donors (Lipinski definition) is 1. The lowest BCUT2D eigenvalue weighted by Crippen LogP contribution is -2.40. The predicted molar refractivity (Wildman–Crippen MR) is 98.2 cm³/mol. The third-order valence-electron chi connectivity index (χ3n) is 4.41. The highest BCUT2D eigenvalue weighted by Crippen LogP contribution is 2.34. The van der Waals surface area contributed by atoms with Crippen LogP contribution in [0.2, 0.25) is 0 Å². The highest BCUT2D eigenvalue weighted by atomic mass is 32.2. The molecule has 3 heterocycles. The lowest BCUT2D eigenvalue weighted by atomic mass is 10.1. The topological polar surface area (TPSA) is 117 Å². The zero-order chi connectivity index (χ0) is 19.8. The zero-order valence-corrected chi connectivity index (χ0v) is 16.1. The number of pyridine rings is 1. The molecule has 0 radical (unpaired) electrons. The summed E-state index contributed by atoms with van der Waals surface area (Å²) in [6.07, 6.45) is 4.15. The van der Waals surface area contributed by atoms with Gasteiger partial charge in [-0.1, -0.05) is 0 Å². The summed E-state index contributed by atoms with van der Waals surface area (Å²) in [6, 6.07) is 2.77. The number of carboxylic acid groups (broad SMARTS) is 1. The maximum Gasteiger partial charge on any atom is 0.337 e. The summed E-state index contributed by atoms with van der Waals surface area (Å²) in [5.74, 6) is -0.664. The summed E-state index contributed by atoms with van der Waals surface area (Å²) in [7, 11) is -0.593. The Balaban J connectivity index is 2.03. The number of aromatic carboxylic acids is 1. The van der Waals surface area contributed by atoms with Crippen LogP contribution in [0.3, 0.4) is 0 Å². The molecule has 1 saturated heterocycles. The Labute approximate surface area is 157 Å². The maximum absolute atomic E-state index is 12.6. The Morgan fingerprint density at radius 2 is 2.00 bits per heavy atom. The first kappa shape index (κ1) is 19.3. The van der Waals surface area contributed by atoms with E-state index in [9.17, 15) is 13.2 Å². The number of carboxylic acids is 1. The highest BCUT2D eigenvalue weighted by Gasteiger charge is 2.38. The second-order valence-electron chi connectivity index (χ2n) is 6.58. The van der Waals surface area contributed by atoms with Gasteiger partial charge in [0.1, 0.15) is 5.82 Å². The van der Waals surface area contributed by atoms with Crippen LogP contribution in [0.5, 0.6) is 0 Å². The van der Waals surface area contributed by atoms with Crippen molar-refractivity contribution >= 4 is 16.2 Å². The Kier molecular flexibility index (Phi) is 5.22. The van der Waals surface area contributed by atoms with E-state index in [4.69, 9.17) is 5.11 Å². The number of hydrogen-bond acceptors (Lipinski definition) is 6.